The minimum absolute atomic E-state index is 0.0230. The van der Waals surface area contributed by atoms with Gasteiger partial charge in [0.1, 0.15) is 5.75 Å². The lowest BCUT2D eigenvalue weighted by atomic mass is 10.1. The molecule has 2 aromatic rings. The van der Waals surface area contributed by atoms with Crippen LogP contribution >= 0.6 is 0 Å². The van der Waals surface area contributed by atoms with Crippen molar-refractivity contribution >= 4 is 23.2 Å². The number of hydrogen-bond donors (Lipinski definition) is 2. The van der Waals surface area contributed by atoms with Gasteiger partial charge in [-0.15, -0.1) is 0 Å². The van der Waals surface area contributed by atoms with Crippen LogP contribution in [0.1, 0.15) is 43.5 Å². The molecule has 154 valence electrons. The van der Waals surface area contributed by atoms with Crippen LogP contribution in [0.25, 0.3) is 0 Å². The zero-order valence-electron chi connectivity index (χ0n) is 17.1. The average Bonchev–Trinajstić information content (AvgIpc) is 3.27. The lowest BCUT2D eigenvalue weighted by molar-refractivity contribution is -0.114. The van der Waals surface area contributed by atoms with Gasteiger partial charge < -0.3 is 20.3 Å². The maximum Gasteiger partial charge on any atom is 0.253 e. The van der Waals surface area contributed by atoms with Gasteiger partial charge in [0.15, 0.2) is 0 Å². The largest absolute Gasteiger partial charge is 0.491 e. The van der Waals surface area contributed by atoms with E-state index >= 15 is 0 Å². The second-order valence-electron chi connectivity index (χ2n) is 7.35. The first-order chi connectivity index (χ1) is 14.0. The third-order valence-electron chi connectivity index (χ3n) is 4.99. The normalized spacial score (nSPS) is 14.3. The van der Waals surface area contributed by atoms with Gasteiger partial charge in [0.2, 0.25) is 5.91 Å². The van der Waals surface area contributed by atoms with Crippen LogP contribution in [0.2, 0.25) is 0 Å². The number of carbonyl (C=O) groups excluding carboxylic acids is 2. The second-order valence-corrected chi connectivity index (χ2v) is 7.35. The zero-order valence-corrected chi connectivity index (χ0v) is 17.1. The Morgan fingerprint density at radius 3 is 2.55 bits per heavy atom. The van der Waals surface area contributed by atoms with E-state index in [-0.39, 0.29) is 24.5 Å². The molecule has 2 N–H and O–H groups in total. The average molecular weight is 396 g/mol. The monoisotopic (exact) mass is 395 g/mol. The van der Waals surface area contributed by atoms with Gasteiger partial charge in [0.05, 0.1) is 12.6 Å². The van der Waals surface area contributed by atoms with E-state index < -0.39 is 0 Å². The van der Waals surface area contributed by atoms with Gasteiger partial charge >= 0.3 is 0 Å². The van der Waals surface area contributed by atoms with Crippen molar-refractivity contribution in [3.63, 3.8) is 0 Å². The molecule has 0 radical (unpaired) electrons. The number of anilines is 2. The van der Waals surface area contributed by atoms with Crippen LogP contribution in [-0.4, -0.2) is 42.5 Å². The molecular weight excluding hydrogens is 366 g/mol. The van der Waals surface area contributed by atoms with Crippen molar-refractivity contribution in [1.29, 1.82) is 0 Å². The minimum atomic E-state index is -0.177. The van der Waals surface area contributed by atoms with Crippen molar-refractivity contribution in [2.24, 2.45) is 0 Å². The topological polar surface area (TPSA) is 70.7 Å². The van der Waals surface area contributed by atoms with Crippen LogP contribution in [0.4, 0.5) is 11.4 Å². The van der Waals surface area contributed by atoms with E-state index in [0.29, 0.717) is 11.3 Å². The smallest absolute Gasteiger partial charge is 0.253 e. The van der Waals surface area contributed by atoms with E-state index in [9.17, 15) is 9.59 Å². The van der Waals surface area contributed by atoms with Crippen molar-refractivity contribution in [3.05, 3.63) is 54.1 Å². The second kappa shape index (κ2) is 9.96. The van der Waals surface area contributed by atoms with Crippen LogP contribution in [0.3, 0.4) is 0 Å². The molecular formula is C23H29N3O3. The number of ether oxygens (including phenoxy) is 1. The van der Waals surface area contributed by atoms with E-state index in [1.54, 1.807) is 24.3 Å². The number of likely N-dealkylation sites (tertiary alicyclic amines) is 1. The lowest BCUT2D eigenvalue weighted by Gasteiger charge is -2.16. The molecule has 0 aromatic heterocycles. The third-order valence-corrected chi connectivity index (χ3v) is 4.99. The summed E-state index contributed by atoms with van der Waals surface area (Å²) >= 11 is 0. The summed E-state index contributed by atoms with van der Waals surface area (Å²) in [4.78, 5) is 26.7. The summed E-state index contributed by atoms with van der Waals surface area (Å²) < 4.78 is 5.81. The molecule has 3 rings (SSSR count). The number of nitrogens with one attached hydrogen (secondary N) is 2. The van der Waals surface area contributed by atoms with Crippen molar-refractivity contribution < 1.29 is 14.3 Å². The van der Waals surface area contributed by atoms with Crippen LogP contribution in [0, 0.1) is 0 Å². The summed E-state index contributed by atoms with van der Waals surface area (Å²) in [6.07, 6.45) is 3.18. The summed E-state index contributed by atoms with van der Waals surface area (Å²) in [5, 5.41) is 5.96. The number of hydrogen-bond acceptors (Lipinski definition) is 4. The fraction of sp³-hybridized carbons (Fsp3) is 0.391. The fourth-order valence-electron chi connectivity index (χ4n) is 3.22. The quantitative estimate of drug-likeness (QED) is 0.704. The first-order valence-electron chi connectivity index (χ1n) is 10.2. The van der Waals surface area contributed by atoms with Crippen LogP contribution in [0.15, 0.2) is 48.5 Å². The van der Waals surface area contributed by atoms with E-state index in [1.807, 2.05) is 36.1 Å². The lowest BCUT2D eigenvalue weighted by Crippen LogP contribution is -2.27. The van der Waals surface area contributed by atoms with Crippen molar-refractivity contribution in [1.82, 2.24) is 4.90 Å². The summed E-state index contributed by atoms with van der Waals surface area (Å²) in [7, 11) is 0. The van der Waals surface area contributed by atoms with E-state index in [2.05, 4.69) is 17.6 Å². The predicted octanol–water partition coefficient (Wildman–Crippen LogP) is 4.15. The maximum atomic E-state index is 12.5. The highest BCUT2D eigenvalue weighted by molar-refractivity contribution is 5.98. The molecule has 1 atom stereocenters. The number of amides is 2. The summed E-state index contributed by atoms with van der Waals surface area (Å²) in [6, 6.07) is 14.7. The highest BCUT2D eigenvalue weighted by atomic mass is 16.5. The Hall–Kier alpha value is -3.02. The van der Waals surface area contributed by atoms with Crippen molar-refractivity contribution in [2.45, 2.75) is 39.2 Å². The molecule has 0 spiro atoms. The summed E-state index contributed by atoms with van der Waals surface area (Å²) in [5.41, 5.74) is 2.04. The Balaban J connectivity index is 1.54. The molecule has 1 saturated heterocycles. The zero-order chi connectivity index (χ0) is 20.6. The van der Waals surface area contributed by atoms with Crippen LogP contribution in [0.5, 0.6) is 5.75 Å². The molecule has 1 unspecified atom stereocenters. The first-order valence-corrected chi connectivity index (χ1v) is 10.2. The molecule has 29 heavy (non-hydrogen) atoms. The molecule has 0 bridgehead atoms. The SMILES string of the molecule is CCC(C)Oc1cccc(NCC(=O)Nc2cccc(C(=O)N3CCCC3)c2)c1. The molecule has 2 aromatic carbocycles. The molecule has 1 aliphatic heterocycles. The van der Waals surface area contributed by atoms with Gasteiger partial charge in [-0.2, -0.15) is 0 Å². The maximum absolute atomic E-state index is 12.5. The summed E-state index contributed by atoms with van der Waals surface area (Å²) in [6.45, 7) is 5.83. The Morgan fingerprint density at radius 2 is 1.79 bits per heavy atom. The first kappa shape index (κ1) is 20.7. The van der Waals surface area contributed by atoms with Gasteiger partial charge in [-0.25, -0.2) is 0 Å². The number of nitrogens with zero attached hydrogens (tertiary/aromatic N) is 1. The number of carbonyl (C=O) groups is 2. The Morgan fingerprint density at radius 1 is 1.07 bits per heavy atom. The molecule has 1 fully saturated rings. The van der Waals surface area contributed by atoms with Gasteiger partial charge in [-0.3, -0.25) is 9.59 Å². The molecule has 0 saturated carbocycles. The van der Waals surface area contributed by atoms with Gasteiger partial charge in [0, 0.05) is 36.1 Å². The highest BCUT2D eigenvalue weighted by Gasteiger charge is 2.19. The van der Waals surface area contributed by atoms with E-state index in [0.717, 1.165) is 43.8 Å². The third kappa shape index (κ3) is 5.98. The Bertz CT molecular complexity index is 847. The summed E-state index contributed by atoms with van der Waals surface area (Å²) in [5.74, 6) is 0.622. The van der Waals surface area contributed by atoms with Crippen molar-refractivity contribution in [3.8, 4) is 5.75 Å². The molecule has 0 aliphatic carbocycles. The van der Waals surface area contributed by atoms with E-state index in [4.69, 9.17) is 4.74 Å². The number of rotatable bonds is 8. The van der Waals surface area contributed by atoms with Gasteiger partial charge in [-0.05, 0) is 56.5 Å². The number of benzene rings is 2. The molecule has 6 heteroatoms. The fourth-order valence-corrected chi connectivity index (χ4v) is 3.22. The molecule has 1 aliphatic rings. The molecule has 2 amide bonds. The predicted molar refractivity (Wildman–Crippen MR) is 116 cm³/mol. The highest BCUT2D eigenvalue weighted by Crippen LogP contribution is 2.19. The molecule has 6 nitrogen and oxygen atoms in total. The minimum Gasteiger partial charge on any atom is -0.491 e. The Kier molecular flexibility index (Phi) is 7.11. The Labute approximate surface area is 172 Å². The van der Waals surface area contributed by atoms with Crippen LogP contribution < -0.4 is 15.4 Å². The van der Waals surface area contributed by atoms with E-state index in [1.165, 1.54) is 0 Å². The van der Waals surface area contributed by atoms with Gasteiger partial charge in [0.25, 0.3) is 5.91 Å². The van der Waals surface area contributed by atoms with Crippen molar-refractivity contribution in [2.75, 3.05) is 30.3 Å². The van der Waals surface area contributed by atoms with Crippen LogP contribution in [-0.2, 0) is 4.79 Å². The molecule has 1 heterocycles. The van der Waals surface area contributed by atoms with Gasteiger partial charge in [-0.1, -0.05) is 19.1 Å². The standard InChI is InChI=1S/C23H29N3O3/c1-3-17(2)29-21-11-7-9-19(15-21)24-16-22(27)25-20-10-6-8-18(14-20)23(28)26-12-4-5-13-26/h6-11,14-15,17,24H,3-5,12-13,16H2,1-2H3,(H,25,27).